The zero-order chi connectivity index (χ0) is 19.5. The van der Waals surface area contributed by atoms with Gasteiger partial charge in [0.15, 0.2) is 0 Å². The Labute approximate surface area is 162 Å². The van der Waals surface area contributed by atoms with Crippen molar-refractivity contribution < 1.29 is 9.21 Å². The minimum absolute atomic E-state index is 0.163. The van der Waals surface area contributed by atoms with E-state index in [1.807, 2.05) is 67.1 Å². The minimum atomic E-state index is -0.163. The molecule has 0 spiro atoms. The molecule has 0 saturated carbocycles. The second kappa shape index (κ2) is 7.52. The van der Waals surface area contributed by atoms with Crippen LogP contribution in [0.3, 0.4) is 0 Å². The average molecular weight is 372 g/mol. The van der Waals surface area contributed by atoms with Crippen LogP contribution in [0, 0.1) is 13.8 Å². The summed E-state index contributed by atoms with van der Waals surface area (Å²) in [5, 5.41) is 7.33. The largest absolute Gasteiger partial charge is 0.444 e. The molecule has 0 saturated heterocycles. The van der Waals surface area contributed by atoms with Crippen LogP contribution in [0.5, 0.6) is 0 Å². The van der Waals surface area contributed by atoms with Crippen LogP contribution < -0.4 is 5.32 Å². The molecule has 4 aromatic rings. The van der Waals surface area contributed by atoms with Crippen molar-refractivity contribution in [2.75, 3.05) is 0 Å². The van der Waals surface area contributed by atoms with Gasteiger partial charge in [0.05, 0.1) is 23.6 Å². The fourth-order valence-corrected chi connectivity index (χ4v) is 3.02. The van der Waals surface area contributed by atoms with Gasteiger partial charge in [-0.3, -0.25) is 4.79 Å². The number of rotatable bonds is 5. The van der Waals surface area contributed by atoms with Crippen LogP contribution in [0.25, 0.3) is 17.1 Å². The Morgan fingerprint density at radius 2 is 1.82 bits per heavy atom. The van der Waals surface area contributed by atoms with Gasteiger partial charge in [-0.25, -0.2) is 9.67 Å². The number of amides is 1. The topological polar surface area (TPSA) is 73.0 Å². The molecule has 0 atom stereocenters. The van der Waals surface area contributed by atoms with Crippen molar-refractivity contribution in [3.05, 3.63) is 89.6 Å². The molecule has 4 rings (SSSR count). The molecule has 0 fully saturated rings. The van der Waals surface area contributed by atoms with Crippen molar-refractivity contribution in [1.82, 2.24) is 20.1 Å². The number of hydrogen-bond donors (Lipinski definition) is 1. The molecule has 140 valence electrons. The third-order valence-electron chi connectivity index (χ3n) is 4.39. The van der Waals surface area contributed by atoms with Gasteiger partial charge in [0.1, 0.15) is 6.26 Å². The molecule has 1 amide bonds. The molecular formula is C22H20N4O2. The molecular weight excluding hydrogens is 352 g/mol. The zero-order valence-electron chi connectivity index (χ0n) is 15.7. The molecule has 0 aliphatic heterocycles. The van der Waals surface area contributed by atoms with Crippen molar-refractivity contribution in [1.29, 1.82) is 0 Å². The molecule has 0 aliphatic rings. The quantitative estimate of drug-likeness (QED) is 0.573. The number of aromatic nitrogens is 3. The summed E-state index contributed by atoms with van der Waals surface area (Å²) >= 11 is 0. The third-order valence-corrected chi connectivity index (χ3v) is 4.39. The maximum absolute atomic E-state index is 12.4. The molecule has 2 heterocycles. The van der Waals surface area contributed by atoms with Gasteiger partial charge in [0.25, 0.3) is 5.91 Å². The highest BCUT2D eigenvalue weighted by Crippen LogP contribution is 2.18. The maximum Gasteiger partial charge on any atom is 0.251 e. The van der Waals surface area contributed by atoms with Crippen LogP contribution in [-0.4, -0.2) is 20.7 Å². The summed E-state index contributed by atoms with van der Waals surface area (Å²) in [5.41, 5.74) is 5.09. The van der Waals surface area contributed by atoms with E-state index in [0.717, 1.165) is 22.6 Å². The predicted octanol–water partition coefficient (Wildman–Crippen LogP) is 4.07. The Kier molecular flexibility index (Phi) is 4.76. The second-order valence-corrected chi connectivity index (χ2v) is 6.58. The maximum atomic E-state index is 12.4. The lowest BCUT2D eigenvalue weighted by Gasteiger charge is -2.06. The fraction of sp³-hybridized carbons (Fsp3) is 0.136. The molecule has 0 bridgehead atoms. The smallest absolute Gasteiger partial charge is 0.251 e. The Morgan fingerprint density at radius 3 is 2.50 bits per heavy atom. The lowest BCUT2D eigenvalue weighted by molar-refractivity contribution is 0.0950. The SMILES string of the molecule is Cc1cc(C)n(-c2ccc(C(=O)NCc3coc(-c4ccccc4)n3)cc2)n1. The molecule has 1 N–H and O–H groups in total. The number of aryl methyl sites for hydroxylation is 2. The van der Waals surface area contributed by atoms with Crippen LogP contribution in [0.15, 0.2) is 71.3 Å². The fourth-order valence-electron chi connectivity index (χ4n) is 3.02. The summed E-state index contributed by atoms with van der Waals surface area (Å²) in [7, 11) is 0. The highest BCUT2D eigenvalue weighted by atomic mass is 16.3. The van der Waals surface area contributed by atoms with Gasteiger partial charge >= 0.3 is 0 Å². The highest BCUT2D eigenvalue weighted by molar-refractivity contribution is 5.94. The van der Waals surface area contributed by atoms with E-state index >= 15 is 0 Å². The third kappa shape index (κ3) is 3.71. The van der Waals surface area contributed by atoms with Crippen LogP contribution in [0.4, 0.5) is 0 Å². The molecule has 2 aromatic heterocycles. The Bertz CT molecular complexity index is 1100. The first-order valence-corrected chi connectivity index (χ1v) is 9.02. The lowest BCUT2D eigenvalue weighted by atomic mass is 10.2. The van der Waals surface area contributed by atoms with Crippen molar-refractivity contribution in [2.24, 2.45) is 0 Å². The first-order chi connectivity index (χ1) is 13.6. The second-order valence-electron chi connectivity index (χ2n) is 6.58. The highest BCUT2D eigenvalue weighted by Gasteiger charge is 2.10. The van der Waals surface area contributed by atoms with E-state index in [1.165, 1.54) is 0 Å². The van der Waals surface area contributed by atoms with Crippen molar-refractivity contribution in [3.8, 4) is 17.1 Å². The number of nitrogens with zero attached hydrogens (tertiary/aromatic N) is 3. The Hall–Kier alpha value is -3.67. The summed E-state index contributed by atoms with van der Waals surface area (Å²) in [5.74, 6) is 0.378. The van der Waals surface area contributed by atoms with Gasteiger partial charge in [-0.05, 0) is 56.3 Å². The Balaban J connectivity index is 1.40. The standard InChI is InChI=1S/C22H20N4O2/c1-15-12-16(2)26(25-15)20-10-8-17(9-11-20)21(27)23-13-19-14-28-22(24-19)18-6-4-3-5-7-18/h3-12,14H,13H2,1-2H3,(H,23,27). The summed E-state index contributed by atoms with van der Waals surface area (Å²) < 4.78 is 7.35. The van der Waals surface area contributed by atoms with E-state index < -0.39 is 0 Å². The number of nitrogens with one attached hydrogen (secondary N) is 1. The summed E-state index contributed by atoms with van der Waals surface area (Å²) in [6.07, 6.45) is 1.56. The number of hydrogen-bond acceptors (Lipinski definition) is 4. The molecule has 28 heavy (non-hydrogen) atoms. The molecule has 2 aromatic carbocycles. The van der Waals surface area contributed by atoms with Crippen LogP contribution in [0.1, 0.15) is 27.4 Å². The van der Waals surface area contributed by atoms with Gasteiger partial charge in [-0.15, -0.1) is 0 Å². The van der Waals surface area contributed by atoms with E-state index in [4.69, 9.17) is 4.42 Å². The van der Waals surface area contributed by atoms with Crippen LogP contribution in [-0.2, 0) is 6.54 Å². The molecule has 0 aliphatic carbocycles. The van der Waals surface area contributed by atoms with Crippen molar-refractivity contribution >= 4 is 5.91 Å². The van der Waals surface area contributed by atoms with Crippen molar-refractivity contribution in [3.63, 3.8) is 0 Å². The molecule has 6 nitrogen and oxygen atoms in total. The number of carbonyl (C=O) groups is 1. The number of oxazole rings is 1. The zero-order valence-corrected chi connectivity index (χ0v) is 15.7. The van der Waals surface area contributed by atoms with Gasteiger partial charge in [0, 0.05) is 16.8 Å². The van der Waals surface area contributed by atoms with Gasteiger partial charge in [0.2, 0.25) is 5.89 Å². The first-order valence-electron chi connectivity index (χ1n) is 9.02. The van der Waals surface area contributed by atoms with Crippen molar-refractivity contribution in [2.45, 2.75) is 20.4 Å². The molecule has 0 unspecified atom stereocenters. The van der Waals surface area contributed by atoms with E-state index in [1.54, 1.807) is 18.4 Å². The van der Waals surface area contributed by atoms with Gasteiger partial charge < -0.3 is 9.73 Å². The molecule has 0 radical (unpaired) electrons. The first kappa shape index (κ1) is 17.7. The van der Waals surface area contributed by atoms with Gasteiger partial charge in [-0.2, -0.15) is 5.10 Å². The van der Waals surface area contributed by atoms with E-state index in [9.17, 15) is 4.79 Å². The number of benzene rings is 2. The average Bonchev–Trinajstić information content (AvgIpc) is 3.33. The van der Waals surface area contributed by atoms with E-state index in [0.29, 0.717) is 23.7 Å². The van der Waals surface area contributed by atoms with E-state index in [-0.39, 0.29) is 5.91 Å². The van der Waals surface area contributed by atoms with Crippen LogP contribution >= 0.6 is 0 Å². The summed E-state index contributed by atoms with van der Waals surface area (Å²) in [6, 6.07) is 19.0. The predicted molar refractivity (Wildman–Crippen MR) is 106 cm³/mol. The van der Waals surface area contributed by atoms with Crippen LogP contribution in [0.2, 0.25) is 0 Å². The number of carbonyl (C=O) groups excluding carboxylic acids is 1. The Morgan fingerprint density at radius 1 is 1.07 bits per heavy atom. The lowest BCUT2D eigenvalue weighted by Crippen LogP contribution is -2.22. The molecule has 6 heteroatoms. The summed E-state index contributed by atoms with van der Waals surface area (Å²) in [4.78, 5) is 16.8. The normalized spacial score (nSPS) is 10.8. The monoisotopic (exact) mass is 372 g/mol. The van der Waals surface area contributed by atoms with E-state index in [2.05, 4.69) is 15.4 Å². The minimum Gasteiger partial charge on any atom is -0.444 e. The summed E-state index contributed by atoms with van der Waals surface area (Å²) in [6.45, 7) is 4.26. The van der Waals surface area contributed by atoms with Gasteiger partial charge in [-0.1, -0.05) is 18.2 Å².